The summed E-state index contributed by atoms with van der Waals surface area (Å²) in [5, 5.41) is 2.91. The molecule has 2 aromatic rings. The minimum atomic E-state index is -4.16. The summed E-state index contributed by atoms with van der Waals surface area (Å²) in [6.45, 7) is 2.24. The standard InChI is InChI=1S/C23H27F2N3O3S/c24-18-4-9-21(25)22(16-18)32(30,31)28-14-10-17(11-15-28)23(29)26-19-5-7-20(8-6-19)27-12-2-1-3-13-27/h4-9,16-17H,1-3,10-15H2,(H,26,29). The Morgan fingerprint density at radius 1 is 0.906 bits per heavy atom. The Morgan fingerprint density at radius 2 is 1.56 bits per heavy atom. The zero-order valence-electron chi connectivity index (χ0n) is 17.8. The zero-order chi connectivity index (χ0) is 22.7. The van der Waals surface area contributed by atoms with Gasteiger partial charge in [-0.15, -0.1) is 0 Å². The van der Waals surface area contributed by atoms with E-state index in [1.54, 1.807) is 0 Å². The molecule has 2 saturated heterocycles. The number of halogens is 2. The van der Waals surface area contributed by atoms with E-state index in [4.69, 9.17) is 0 Å². The fourth-order valence-corrected chi connectivity index (χ4v) is 5.87. The summed E-state index contributed by atoms with van der Waals surface area (Å²) in [7, 11) is -4.16. The lowest BCUT2D eigenvalue weighted by molar-refractivity contribution is -0.120. The van der Waals surface area contributed by atoms with Gasteiger partial charge in [-0.25, -0.2) is 17.2 Å². The van der Waals surface area contributed by atoms with Crippen molar-refractivity contribution in [2.45, 2.75) is 37.0 Å². The van der Waals surface area contributed by atoms with Gasteiger partial charge in [-0.2, -0.15) is 4.31 Å². The largest absolute Gasteiger partial charge is 0.372 e. The summed E-state index contributed by atoms with van der Waals surface area (Å²) in [6.07, 6.45) is 4.28. The van der Waals surface area contributed by atoms with Crippen LogP contribution in [-0.4, -0.2) is 44.8 Å². The molecule has 4 rings (SSSR count). The van der Waals surface area contributed by atoms with Gasteiger partial charge in [0.05, 0.1) is 0 Å². The van der Waals surface area contributed by atoms with Crippen LogP contribution in [0.4, 0.5) is 20.2 Å². The van der Waals surface area contributed by atoms with Crippen LogP contribution in [-0.2, 0) is 14.8 Å². The number of hydrogen-bond donors (Lipinski definition) is 1. The first-order valence-electron chi connectivity index (χ1n) is 11.0. The number of carbonyl (C=O) groups is 1. The molecule has 32 heavy (non-hydrogen) atoms. The van der Waals surface area contributed by atoms with Crippen molar-refractivity contribution < 1.29 is 22.0 Å². The van der Waals surface area contributed by atoms with Gasteiger partial charge >= 0.3 is 0 Å². The number of sulfonamides is 1. The van der Waals surface area contributed by atoms with Crippen molar-refractivity contribution in [3.63, 3.8) is 0 Å². The van der Waals surface area contributed by atoms with E-state index in [1.165, 1.54) is 19.3 Å². The van der Waals surface area contributed by atoms with Crippen LogP contribution >= 0.6 is 0 Å². The maximum atomic E-state index is 14.0. The van der Waals surface area contributed by atoms with Gasteiger partial charge in [0.15, 0.2) is 0 Å². The molecule has 2 aliphatic heterocycles. The predicted octanol–water partition coefficient (Wildman–Crippen LogP) is 3.99. The van der Waals surface area contributed by atoms with Crippen molar-refractivity contribution in [1.82, 2.24) is 4.31 Å². The third kappa shape index (κ3) is 4.94. The van der Waals surface area contributed by atoms with Crippen LogP contribution in [0.3, 0.4) is 0 Å². The summed E-state index contributed by atoms with van der Waals surface area (Å²) >= 11 is 0. The number of amides is 1. The van der Waals surface area contributed by atoms with E-state index in [0.717, 1.165) is 35.2 Å². The molecular weight excluding hydrogens is 436 g/mol. The number of anilines is 2. The molecule has 0 aliphatic carbocycles. The van der Waals surface area contributed by atoms with Crippen LogP contribution in [0.25, 0.3) is 0 Å². The number of piperidine rings is 2. The molecule has 6 nitrogen and oxygen atoms in total. The molecule has 1 amide bonds. The molecule has 9 heteroatoms. The molecule has 0 aromatic heterocycles. The molecule has 2 fully saturated rings. The van der Waals surface area contributed by atoms with Gasteiger partial charge in [0.2, 0.25) is 15.9 Å². The Kier molecular flexibility index (Phi) is 6.76. The van der Waals surface area contributed by atoms with Gasteiger partial charge in [0.1, 0.15) is 16.5 Å². The van der Waals surface area contributed by atoms with Crippen molar-refractivity contribution in [3.8, 4) is 0 Å². The van der Waals surface area contributed by atoms with Crippen LogP contribution in [0.5, 0.6) is 0 Å². The Balaban J connectivity index is 1.34. The summed E-state index contributed by atoms with van der Waals surface area (Å²) < 4.78 is 53.9. The van der Waals surface area contributed by atoms with Gasteiger partial charge in [0, 0.05) is 43.5 Å². The first-order chi connectivity index (χ1) is 15.3. The number of nitrogens with zero attached hydrogens (tertiary/aromatic N) is 2. The van der Waals surface area contributed by atoms with Crippen LogP contribution in [0.1, 0.15) is 32.1 Å². The number of nitrogens with one attached hydrogen (secondary N) is 1. The Bertz CT molecular complexity index is 1060. The Labute approximate surface area is 187 Å². The van der Waals surface area contributed by atoms with Crippen molar-refractivity contribution in [2.75, 3.05) is 36.4 Å². The van der Waals surface area contributed by atoms with Crippen molar-refractivity contribution in [2.24, 2.45) is 5.92 Å². The molecule has 172 valence electrons. The van der Waals surface area contributed by atoms with Crippen molar-refractivity contribution >= 4 is 27.3 Å². The lowest BCUT2D eigenvalue weighted by Crippen LogP contribution is -2.41. The van der Waals surface area contributed by atoms with E-state index < -0.39 is 26.6 Å². The second kappa shape index (κ2) is 9.54. The zero-order valence-corrected chi connectivity index (χ0v) is 18.6. The van der Waals surface area contributed by atoms with Crippen LogP contribution in [0.2, 0.25) is 0 Å². The normalized spacial score (nSPS) is 18.5. The fraction of sp³-hybridized carbons (Fsp3) is 0.435. The topological polar surface area (TPSA) is 69.7 Å². The number of carbonyl (C=O) groups excluding carboxylic acids is 1. The summed E-state index contributed by atoms with van der Waals surface area (Å²) in [6, 6.07) is 10.1. The molecule has 0 spiro atoms. The monoisotopic (exact) mass is 463 g/mol. The highest BCUT2D eigenvalue weighted by Crippen LogP contribution is 2.27. The molecule has 0 bridgehead atoms. The van der Waals surface area contributed by atoms with E-state index >= 15 is 0 Å². The number of benzene rings is 2. The van der Waals surface area contributed by atoms with Crippen molar-refractivity contribution in [3.05, 3.63) is 54.1 Å². The van der Waals surface area contributed by atoms with Crippen molar-refractivity contribution in [1.29, 1.82) is 0 Å². The van der Waals surface area contributed by atoms with Gasteiger partial charge in [-0.1, -0.05) is 0 Å². The molecule has 2 aliphatic rings. The SMILES string of the molecule is O=C(Nc1ccc(N2CCCCC2)cc1)C1CCN(S(=O)(=O)c2cc(F)ccc2F)CC1. The van der Waals surface area contributed by atoms with E-state index in [9.17, 15) is 22.0 Å². The minimum absolute atomic E-state index is 0.0737. The first-order valence-corrected chi connectivity index (χ1v) is 12.4. The third-order valence-corrected chi connectivity index (χ3v) is 8.11. The van der Waals surface area contributed by atoms with Gasteiger partial charge in [-0.05, 0) is 74.6 Å². The van der Waals surface area contributed by atoms with Gasteiger partial charge in [-0.3, -0.25) is 4.79 Å². The maximum absolute atomic E-state index is 14.0. The highest BCUT2D eigenvalue weighted by Gasteiger charge is 2.33. The highest BCUT2D eigenvalue weighted by atomic mass is 32.2. The van der Waals surface area contributed by atoms with E-state index in [2.05, 4.69) is 10.2 Å². The lowest BCUT2D eigenvalue weighted by atomic mass is 9.97. The molecule has 0 atom stereocenters. The van der Waals surface area contributed by atoms with Crippen LogP contribution in [0.15, 0.2) is 47.4 Å². The average Bonchev–Trinajstić information content (AvgIpc) is 2.81. The second-order valence-electron chi connectivity index (χ2n) is 8.34. The van der Waals surface area contributed by atoms with E-state index in [0.29, 0.717) is 24.6 Å². The molecular formula is C23H27F2N3O3S. The smallest absolute Gasteiger partial charge is 0.246 e. The minimum Gasteiger partial charge on any atom is -0.372 e. The lowest BCUT2D eigenvalue weighted by Gasteiger charge is -2.31. The Morgan fingerprint density at radius 3 is 2.22 bits per heavy atom. The molecule has 0 saturated carbocycles. The fourth-order valence-electron chi connectivity index (χ4n) is 4.32. The quantitative estimate of drug-likeness (QED) is 0.728. The summed E-state index contributed by atoms with van der Waals surface area (Å²) in [5.74, 6) is -2.31. The van der Waals surface area contributed by atoms with Crippen LogP contribution < -0.4 is 10.2 Å². The summed E-state index contributed by atoms with van der Waals surface area (Å²) in [4.78, 5) is 14.3. The van der Waals surface area contributed by atoms with Gasteiger partial charge in [0.25, 0.3) is 0 Å². The highest BCUT2D eigenvalue weighted by molar-refractivity contribution is 7.89. The van der Waals surface area contributed by atoms with Gasteiger partial charge < -0.3 is 10.2 Å². The molecule has 2 heterocycles. The molecule has 0 radical (unpaired) electrons. The average molecular weight is 464 g/mol. The molecule has 0 unspecified atom stereocenters. The van der Waals surface area contributed by atoms with E-state index in [-0.39, 0.29) is 24.9 Å². The second-order valence-corrected chi connectivity index (χ2v) is 10.2. The maximum Gasteiger partial charge on any atom is 0.246 e. The Hall–Kier alpha value is -2.52. The predicted molar refractivity (Wildman–Crippen MR) is 119 cm³/mol. The summed E-state index contributed by atoms with van der Waals surface area (Å²) in [5.41, 5.74) is 1.85. The van der Waals surface area contributed by atoms with E-state index in [1.807, 2.05) is 24.3 Å². The van der Waals surface area contributed by atoms with Crippen LogP contribution in [0, 0.1) is 17.6 Å². The third-order valence-electron chi connectivity index (χ3n) is 6.19. The first kappa shape index (κ1) is 22.7. The number of hydrogen-bond acceptors (Lipinski definition) is 4. The number of rotatable bonds is 5. The molecule has 1 N–H and O–H groups in total. The molecule has 2 aromatic carbocycles.